The minimum atomic E-state index is -0.567. The third kappa shape index (κ3) is 6.15. The molecule has 1 aliphatic carbocycles. The van der Waals surface area contributed by atoms with Crippen LogP contribution in [0.2, 0.25) is 0 Å². The number of benzene rings is 1. The molecule has 0 radical (unpaired) electrons. The zero-order valence-corrected chi connectivity index (χ0v) is 29.1. The number of nitrogens with zero attached hydrogens (tertiary/aromatic N) is 6. The van der Waals surface area contributed by atoms with Crippen LogP contribution < -0.4 is 21.3 Å². The van der Waals surface area contributed by atoms with Crippen LogP contribution in [0.4, 0.5) is 21.6 Å². The summed E-state index contributed by atoms with van der Waals surface area (Å²) in [6, 6.07) is 11.0. The van der Waals surface area contributed by atoms with Crippen LogP contribution in [0.1, 0.15) is 49.4 Å². The third-order valence-electron chi connectivity index (χ3n) is 10.9. The molecular weight excluding hydrogens is 649 g/mol. The second-order valence-corrected chi connectivity index (χ2v) is 14.1. The highest BCUT2D eigenvalue weighted by Crippen LogP contribution is 2.32. The van der Waals surface area contributed by atoms with Gasteiger partial charge in [0.1, 0.15) is 22.8 Å². The number of hydrogen-bond acceptors (Lipinski definition) is 8. The molecule has 0 spiro atoms. The van der Waals surface area contributed by atoms with E-state index in [2.05, 4.69) is 27.0 Å². The Hall–Kier alpha value is -4.78. The standard InChI is InChI=1S/C39H44FN7O4/c1-3-6-29-21-44(30-23-51-24-30)11-12-45(29)28-9-10-37(41-19-28)42-33-15-26(20-43(2)38(33)49)31-17-27(40)18-35(32(31)22-48)47-14-13-46-34-8-5-4-7-25(34)16-36(46)39(47)50/h9-10,13-20,29-30,48H,3-8,11-12,21-24H2,1-2H3,(H,41,42). The summed E-state index contributed by atoms with van der Waals surface area (Å²) in [5.74, 6) is -0.0649. The summed E-state index contributed by atoms with van der Waals surface area (Å²) in [5.41, 5.74) is 5.08. The fourth-order valence-corrected chi connectivity index (χ4v) is 8.12. The Bertz CT molecular complexity index is 2200. The fourth-order valence-electron chi connectivity index (χ4n) is 8.12. The molecule has 1 atom stereocenters. The number of aromatic nitrogens is 4. The van der Waals surface area contributed by atoms with E-state index >= 15 is 4.39 Å². The van der Waals surface area contributed by atoms with E-state index in [0.29, 0.717) is 40.1 Å². The zero-order valence-electron chi connectivity index (χ0n) is 29.1. The van der Waals surface area contributed by atoms with Crippen molar-refractivity contribution < 1.29 is 14.2 Å². The van der Waals surface area contributed by atoms with Gasteiger partial charge in [0.05, 0.1) is 43.4 Å². The smallest absolute Gasteiger partial charge is 0.279 e. The molecule has 51 heavy (non-hydrogen) atoms. The topological polar surface area (TPSA) is 109 Å². The summed E-state index contributed by atoms with van der Waals surface area (Å²) in [7, 11) is 1.63. The Kier molecular flexibility index (Phi) is 8.99. The minimum absolute atomic E-state index is 0.252. The van der Waals surface area contributed by atoms with Gasteiger partial charge < -0.3 is 29.0 Å². The Labute approximate surface area is 295 Å². The average Bonchev–Trinajstić information content (AvgIpc) is 3.50. The maximum Gasteiger partial charge on any atom is 0.279 e. The van der Waals surface area contributed by atoms with Crippen molar-refractivity contribution in [3.63, 3.8) is 0 Å². The number of anilines is 3. The zero-order chi connectivity index (χ0) is 35.2. The molecule has 11 nitrogen and oxygen atoms in total. The number of hydrogen-bond donors (Lipinski definition) is 2. The van der Waals surface area contributed by atoms with Crippen molar-refractivity contribution in [2.45, 2.75) is 64.1 Å². The lowest BCUT2D eigenvalue weighted by atomic mass is 9.98. The number of ether oxygens (including phenoxy) is 1. The van der Waals surface area contributed by atoms with Gasteiger partial charge in [0.2, 0.25) is 0 Å². The monoisotopic (exact) mass is 693 g/mol. The van der Waals surface area contributed by atoms with Crippen LogP contribution in [-0.4, -0.2) is 73.5 Å². The average molecular weight is 694 g/mol. The van der Waals surface area contributed by atoms with Gasteiger partial charge in [-0.15, -0.1) is 0 Å². The molecule has 2 fully saturated rings. The SMILES string of the molecule is CCCC1CN(C2COC2)CCN1c1ccc(Nc2cc(-c3cc(F)cc(-n4ccn5c6c(cc5c4=O)CCCC6)c3CO)cn(C)c2=O)nc1. The summed E-state index contributed by atoms with van der Waals surface area (Å²) in [6.45, 7) is 6.29. The summed E-state index contributed by atoms with van der Waals surface area (Å²) in [6.07, 6.45) is 13.1. The Morgan fingerprint density at radius 3 is 2.63 bits per heavy atom. The van der Waals surface area contributed by atoms with E-state index in [9.17, 15) is 14.7 Å². The van der Waals surface area contributed by atoms with E-state index in [0.717, 1.165) is 82.8 Å². The molecule has 0 bridgehead atoms. The number of pyridine rings is 2. The van der Waals surface area contributed by atoms with Crippen molar-refractivity contribution in [2.75, 3.05) is 43.1 Å². The van der Waals surface area contributed by atoms with E-state index in [1.807, 2.05) is 35.0 Å². The second-order valence-electron chi connectivity index (χ2n) is 14.1. The first-order valence-electron chi connectivity index (χ1n) is 18.0. The summed E-state index contributed by atoms with van der Waals surface area (Å²) >= 11 is 0. The molecule has 2 saturated heterocycles. The largest absolute Gasteiger partial charge is 0.392 e. The van der Waals surface area contributed by atoms with Crippen LogP contribution in [0.5, 0.6) is 0 Å². The highest BCUT2D eigenvalue weighted by atomic mass is 19.1. The number of rotatable bonds is 9. The number of nitrogens with one attached hydrogen (secondary N) is 1. The van der Waals surface area contributed by atoms with E-state index in [1.54, 1.807) is 25.5 Å². The summed E-state index contributed by atoms with van der Waals surface area (Å²) < 4.78 is 25.6. The first kappa shape index (κ1) is 33.4. The van der Waals surface area contributed by atoms with Gasteiger partial charge in [0.25, 0.3) is 11.1 Å². The van der Waals surface area contributed by atoms with Crippen LogP contribution in [0.3, 0.4) is 0 Å². The molecule has 6 heterocycles. The quantitative estimate of drug-likeness (QED) is 0.227. The number of aliphatic hydroxyl groups is 1. The van der Waals surface area contributed by atoms with Gasteiger partial charge >= 0.3 is 0 Å². The molecule has 0 saturated carbocycles. The molecule has 3 aliphatic rings. The van der Waals surface area contributed by atoms with Crippen LogP contribution >= 0.6 is 0 Å². The first-order valence-corrected chi connectivity index (χ1v) is 18.0. The van der Waals surface area contributed by atoms with Crippen LogP contribution in [-0.2, 0) is 31.2 Å². The Morgan fingerprint density at radius 2 is 1.88 bits per heavy atom. The second kappa shape index (κ2) is 13.7. The molecule has 8 rings (SSSR count). The highest BCUT2D eigenvalue weighted by molar-refractivity contribution is 5.75. The van der Waals surface area contributed by atoms with E-state index in [4.69, 9.17) is 4.74 Å². The predicted molar refractivity (Wildman–Crippen MR) is 196 cm³/mol. The normalized spacial score (nSPS) is 18.2. The number of aryl methyl sites for hydroxylation is 3. The Morgan fingerprint density at radius 1 is 1.04 bits per heavy atom. The Balaban J connectivity index is 1.09. The van der Waals surface area contributed by atoms with Gasteiger partial charge in [-0.2, -0.15) is 0 Å². The van der Waals surface area contributed by atoms with Crippen LogP contribution in [0.25, 0.3) is 22.3 Å². The van der Waals surface area contributed by atoms with Crippen LogP contribution in [0.15, 0.2) is 70.8 Å². The maximum atomic E-state index is 15.4. The van der Waals surface area contributed by atoms with Gasteiger partial charge in [-0.1, -0.05) is 13.3 Å². The van der Waals surface area contributed by atoms with Crippen molar-refractivity contribution in [3.05, 3.63) is 105 Å². The molecule has 1 unspecified atom stereocenters. The molecule has 4 aromatic heterocycles. The van der Waals surface area contributed by atoms with Gasteiger partial charge in [-0.05, 0) is 79.6 Å². The molecule has 5 aromatic rings. The molecule has 2 N–H and O–H groups in total. The molecule has 266 valence electrons. The van der Waals surface area contributed by atoms with Crippen molar-refractivity contribution in [2.24, 2.45) is 7.05 Å². The number of piperazine rings is 1. The summed E-state index contributed by atoms with van der Waals surface area (Å²) in [5, 5.41) is 13.9. The summed E-state index contributed by atoms with van der Waals surface area (Å²) in [4.78, 5) is 36.8. The fraction of sp³-hybridized carbons (Fsp3) is 0.410. The van der Waals surface area contributed by atoms with Gasteiger partial charge in [0.15, 0.2) is 0 Å². The predicted octanol–water partition coefficient (Wildman–Crippen LogP) is 4.79. The number of halogens is 1. The molecule has 2 aliphatic heterocycles. The first-order chi connectivity index (χ1) is 24.8. The van der Waals surface area contributed by atoms with Crippen molar-refractivity contribution >= 4 is 22.7 Å². The lowest BCUT2D eigenvalue weighted by molar-refractivity contribution is -0.0700. The van der Waals surface area contributed by atoms with Gasteiger partial charge in [-0.3, -0.25) is 19.1 Å². The van der Waals surface area contributed by atoms with Crippen molar-refractivity contribution in [3.8, 4) is 16.8 Å². The van der Waals surface area contributed by atoms with Gasteiger partial charge in [-0.25, -0.2) is 9.37 Å². The van der Waals surface area contributed by atoms with Crippen molar-refractivity contribution in [1.29, 1.82) is 0 Å². The molecule has 0 amide bonds. The van der Waals surface area contributed by atoms with E-state index in [1.165, 1.54) is 26.8 Å². The number of aliphatic hydroxyl groups excluding tert-OH is 1. The highest BCUT2D eigenvalue weighted by Gasteiger charge is 2.33. The number of fused-ring (bicyclic) bond motifs is 3. The lowest BCUT2D eigenvalue weighted by Gasteiger charge is -2.47. The molecular formula is C39H44FN7O4. The van der Waals surface area contributed by atoms with Gasteiger partial charge in [0, 0.05) is 68.1 Å². The van der Waals surface area contributed by atoms with E-state index in [-0.39, 0.29) is 22.5 Å². The molecule has 12 heteroatoms. The molecule has 1 aromatic carbocycles. The minimum Gasteiger partial charge on any atom is -0.392 e. The van der Waals surface area contributed by atoms with E-state index < -0.39 is 12.4 Å². The van der Waals surface area contributed by atoms with Crippen molar-refractivity contribution in [1.82, 2.24) is 23.4 Å². The maximum absolute atomic E-state index is 15.4. The third-order valence-corrected chi connectivity index (χ3v) is 10.9. The lowest BCUT2D eigenvalue weighted by Crippen LogP contribution is -2.60. The van der Waals surface area contributed by atoms with Crippen LogP contribution in [0, 0.1) is 5.82 Å².